The second kappa shape index (κ2) is 19.6. The number of anilines is 3. The topological polar surface area (TPSA) is 3.24 Å². The molecule has 0 radical (unpaired) electrons. The van der Waals surface area contributed by atoms with Crippen molar-refractivity contribution in [3.05, 3.63) is 344 Å². The monoisotopic (exact) mass is 1020 g/mol. The average molecular weight is 1020 g/mol. The highest BCUT2D eigenvalue weighted by atomic mass is 15.1. The standard InChI is InChI=1S/C79H53N/c1-5-23-58(24-6-1)76-69-34-16-15-33-67(69)68-51-48-62(53-71(68)77(76)59-25-7-2-8-26-59)66-32-18-20-38-74(66)80(65-49-46-56(47-50-65)55-40-42-57(43-41-55)61-45-44-54-22-13-14-27-60(54)52-61)75-39-21-37-73-78(75)70-35-17-19-36-72(70)79(73,63-28-9-3-10-29-63)64-30-11-4-12-31-64/h1-53H. The van der Waals surface area contributed by atoms with Gasteiger partial charge in [-0.05, 0) is 147 Å². The summed E-state index contributed by atoms with van der Waals surface area (Å²) >= 11 is 0. The third-order valence-corrected chi connectivity index (χ3v) is 16.7. The molecule has 1 aliphatic rings. The summed E-state index contributed by atoms with van der Waals surface area (Å²) in [6.07, 6.45) is 0. The van der Waals surface area contributed by atoms with Crippen LogP contribution in [0.25, 0.3) is 99.1 Å². The van der Waals surface area contributed by atoms with E-state index in [0.29, 0.717) is 0 Å². The van der Waals surface area contributed by atoms with Crippen molar-refractivity contribution in [2.24, 2.45) is 0 Å². The predicted molar refractivity (Wildman–Crippen MR) is 338 cm³/mol. The molecule has 0 bridgehead atoms. The Morgan fingerprint density at radius 2 is 0.688 bits per heavy atom. The fourth-order valence-corrected chi connectivity index (χ4v) is 13.2. The smallest absolute Gasteiger partial charge is 0.0714 e. The van der Waals surface area contributed by atoms with Crippen LogP contribution >= 0.6 is 0 Å². The van der Waals surface area contributed by atoms with Gasteiger partial charge in [0.05, 0.1) is 16.8 Å². The zero-order valence-electron chi connectivity index (χ0n) is 44.0. The molecule has 0 saturated carbocycles. The van der Waals surface area contributed by atoms with Gasteiger partial charge in [-0.15, -0.1) is 0 Å². The van der Waals surface area contributed by atoms with E-state index in [1.54, 1.807) is 0 Å². The van der Waals surface area contributed by atoms with Gasteiger partial charge in [0.2, 0.25) is 0 Å². The van der Waals surface area contributed by atoms with Gasteiger partial charge in [0.25, 0.3) is 0 Å². The number of rotatable bonds is 10. The summed E-state index contributed by atoms with van der Waals surface area (Å²) in [7, 11) is 0. The van der Waals surface area contributed by atoms with Crippen LogP contribution in [0.1, 0.15) is 22.3 Å². The number of para-hydroxylation sites is 1. The van der Waals surface area contributed by atoms with Crippen LogP contribution in [-0.2, 0) is 5.41 Å². The Balaban J connectivity index is 0.950. The van der Waals surface area contributed by atoms with Crippen molar-refractivity contribution < 1.29 is 0 Å². The Hall–Kier alpha value is -10.3. The van der Waals surface area contributed by atoms with Crippen LogP contribution in [0.2, 0.25) is 0 Å². The molecule has 15 rings (SSSR count). The van der Waals surface area contributed by atoms with E-state index in [4.69, 9.17) is 0 Å². The minimum Gasteiger partial charge on any atom is -0.309 e. The van der Waals surface area contributed by atoms with E-state index in [1.165, 1.54) is 105 Å². The Labute approximate surface area is 467 Å². The van der Waals surface area contributed by atoms with Crippen LogP contribution in [0.3, 0.4) is 0 Å². The van der Waals surface area contributed by atoms with E-state index in [9.17, 15) is 0 Å². The molecule has 374 valence electrons. The second-order valence-corrected chi connectivity index (χ2v) is 21.1. The molecule has 14 aromatic carbocycles. The summed E-state index contributed by atoms with van der Waals surface area (Å²) in [6.45, 7) is 0. The SMILES string of the molecule is c1ccc(-c2c(-c3ccccc3)c3cc(-c4ccccc4N(c4ccc(-c5ccc(-c6ccc7ccccc7c6)cc5)cc4)c4cccc5c4-c4ccccc4C5(c4ccccc4)c4ccccc4)ccc3c3ccccc23)cc1. The van der Waals surface area contributed by atoms with Crippen molar-refractivity contribution >= 4 is 49.4 Å². The number of fused-ring (bicyclic) bond motifs is 7. The Morgan fingerprint density at radius 1 is 0.225 bits per heavy atom. The maximum atomic E-state index is 2.53. The molecular formula is C79H53N. The predicted octanol–water partition coefficient (Wildman–Crippen LogP) is 21.3. The first-order valence-electron chi connectivity index (χ1n) is 27.7. The highest BCUT2D eigenvalue weighted by molar-refractivity contribution is 6.22. The van der Waals surface area contributed by atoms with Crippen LogP contribution in [0, 0.1) is 0 Å². The van der Waals surface area contributed by atoms with Gasteiger partial charge in [0, 0.05) is 16.8 Å². The number of hydrogen-bond donors (Lipinski definition) is 0. The molecular weight excluding hydrogens is 963 g/mol. The quantitative estimate of drug-likeness (QED) is 0.123. The fourth-order valence-electron chi connectivity index (χ4n) is 13.2. The van der Waals surface area contributed by atoms with E-state index >= 15 is 0 Å². The largest absolute Gasteiger partial charge is 0.309 e. The van der Waals surface area contributed by atoms with E-state index < -0.39 is 5.41 Å². The molecule has 0 saturated heterocycles. The van der Waals surface area contributed by atoms with Crippen LogP contribution in [0.15, 0.2) is 322 Å². The van der Waals surface area contributed by atoms with Crippen molar-refractivity contribution in [3.63, 3.8) is 0 Å². The molecule has 0 atom stereocenters. The third-order valence-electron chi connectivity index (χ3n) is 16.7. The summed E-state index contributed by atoms with van der Waals surface area (Å²) in [5, 5.41) is 7.43. The van der Waals surface area contributed by atoms with E-state index in [0.717, 1.165) is 33.8 Å². The number of hydrogen-bond acceptors (Lipinski definition) is 1. The Morgan fingerprint density at radius 3 is 1.36 bits per heavy atom. The van der Waals surface area contributed by atoms with Gasteiger partial charge in [-0.3, -0.25) is 0 Å². The van der Waals surface area contributed by atoms with E-state index in [-0.39, 0.29) is 0 Å². The lowest BCUT2D eigenvalue weighted by Gasteiger charge is -2.34. The van der Waals surface area contributed by atoms with Crippen molar-refractivity contribution in [1.82, 2.24) is 0 Å². The Bertz CT molecular complexity index is 4560. The van der Waals surface area contributed by atoms with Crippen LogP contribution in [0.5, 0.6) is 0 Å². The molecule has 0 aromatic heterocycles. The first-order chi connectivity index (χ1) is 39.7. The van der Waals surface area contributed by atoms with Gasteiger partial charge < -0.3 is 4.90 Å². The van der Waals surface area contributed by atoms with Crippen LogP contribution < -0.4 is 4.90 Å². The third kappa shape index (κ3) is 7.70. The van der Waals surface area contributed by atoms with Gasteiger partial charge in [0.1, 0.15) is 0 Å². The first-order valence-corrected chi connectivity index (χ1v) is 27.7. The van der Waals surface area contributed by atoms with Crippen molar-refractivity contribution in [1.29, 1.82) is 0 Å². The van der Waals surface area contributed by atoms with E-state index in [2.05, 4.69) is 326 Å². The lowest BCUT2D eigenvalue weighted by Crippen LogP contribution is -2.28. The lowest BCUT2D eigenvalue weighted by molar-refractivity contribution is 0.768. The summed E-state index contributed by atoms with van der Waals surface area (Å²) < 4.78 is 0. The van der Waals surface area contributed by atoms with Crippen LogP contribution in [-0.4, -0.2) is 0 Å². The van der Waals surface area contributed by atoms with Gasteiger partial charge in [-0.1, -0.05) is 285 Å². The van der Waals surface area contributed by atoms with Crippen LogP contribution in [0.4, 0.5) is 17.1 Å². The van der Waals surface area contributed by atoms with E-state index in [1.807, 2.05) is 0 Å². The molecule has 0 unspecified atom stereocenters. The zero-order chi connectivity index (χ0) is 53.0. The normalized spacial score (nSPS) is 12.3. The Kier molecular flexibility index (Phi) is 11.5. The highest BCUT2D eigenvalue weighted by Gasteiger charge is 2.47. The van der Waals surface area contributed by atoms with Gasteiger partial charge in [-0.25, -0.2) is 0 Å². The molecule has 1 nitrogen and oxygen atoms in total. The summed E-state index contributed by atoms with van der Waals surface area (Å²) in [6, 6.07) is 119. The first kappa shape index (κ1) is 46.9. The highest BCUT2D eigenvalue weighted by Crippen LogP contribution is 2.60. The van der Waals surface area contributed by atoms with Crippen molar-refractivity contribution in [2.75, 3.05) is 4.90 Å². The zero-order valence-corrected chi connectivity index (χ0v) is 44.0. The van der Waals surface area contributed by atoms with Crippen molar-refractivity contribution in [2.45, 2.75) is 5.41 Å². The molecule has 1 heteroatoms. The molecule has 0 fully saturated rings. The van der Waals surface area contributed by atoms with Crippen molar-refractivity contribution in [3.8, 4) is 66.8 Å². The molecule has 0 spiro atoms. The minimum atomic E-state index is -0.566. The van der Waals surface area contributed by atoms with Gasteiger partial charge >= 0.3 is 0 Å². The maximum absolute atomic E-state index is 2.53. The molecule has 0 heterocycles. The van der Waals surface area contributed by atoms with Gasteiger partial charge in [-0.2, -0.15) is 0 Å². The summed E-state index contributed by atoms with van der Waals surface area (Å²) in [4.78, 5) is 2.53. The molecule has 0 aliphatic heterocycles. The summed E-state index contributed by atoms with van der Waals surface area (Å²) in [5.74, 6) is 0. The molecule has 80 heavy (non-hydrogen) atoms. The minimum absolute atomic E-state index is 0.566. The van der Waals surface area contributed by atoms with Gasteiger partial charge in [0.15, 0.2) is 0 Å². The average Bonchev–Trinajstić information content (AvgIpc) is 4.03. The molecule has 14 aromatic rings. The number of nitrogens with zero attached hydrogens (tertiary/aromatic N) is 1. The second-order valence-electron chi connectivity index (χ2n) is 21.1. The molecule has 0 N–H and O–H groups in total. The molecule has 0 amide bonds. The molecule has 1 aliphatic carbocycles. The fraction of sp³-hybridized carbons (Fsp3) is 0.0127. The lowest BCUT2D eigenvalue weighted by atomic mass is 9.68. The maximum Gasteiger partial charge on any atom is 0.0714 e. The number of benzene rings is 14. The summed E-state index contributed by atoms with van der Waals surface area (Å²) in [5.41, 5.74) is 22.1.